The molecule has 1 aromatic heterocycles. The Morgan fingerprint density at radius 2 is 1.71 bits per heavy atom. The second-order valence-corrected chi connectivity index (χ2v) is 7.32. The quantitative estimate of drug-likeness (QED) is 0.591. The Morgan fingerprint density at radius 3 is 2.39 bits per heavy atom. The molecule has 2 aromatic carbocycles. The Balaban J connectivity index is 1.43. The Bertz CT molecular complexity index is 926. The Labute approximate surface area is 166 Å². The lowest BCUT2D eigenvalue weighted by atomic mass is 10.2. The monoisotopic (exact) mass is 376 g/mol. The number of fused-ring (bicyclic) bond motifs is 1. The largest absolute Gasteiger partial charge is 0.497 e. The first-order valence-corrected chi connectivity index (χ1v) is 9.89. The number of piperazine rings is 1. The van der Waals surface area contributed by atoms with E-state index in [4.69, 9.17) is 9.72 Å². The van der Waals surface area contributed by atoms with Crippen molar-refractivity contribution in [2.45, 2.75) is 19.6 Å². The second kappa shape index (κ2) is 8.59. The average Bonchev–Trinajstić information content (AvgIpc) is 3.07. The second-order valence-electron chi connectivity index (χ2n) is 7.32. The maximum atomic E-state index is 5.36. The molecule has 5 nitrogen and oxygen atoms in total. The van der Waals surface area contributed by atoms with Crippen LogP contribution in [0.3, 0.4) is 0 Å². The number of allylic oxidation sites excluding steroid dienone is 1. The van der Waals surface area contributed by atoms with Crippen molar-refractivity contribution in [1.82, 2.24) is 19.4 Å². The van der Waals surface area contributed by atoms with E-state index < -0.39 is 0 Å². The van der Waals surface area contributed by atoms with Gasteiger partial charge in [-0.15, -0.1) is 6.58 Å². The molecule has 28 heavy (non-hydrogen) atoms. The van der Waals surface area contributed by atoms with E-state index in [0.29, 0.717) is 0 Å². The van der Waals surface area contributed by atoms with Crippen molar-refractivity contribution >= 4 is 11.0 Å². The minimum atomic E-state index is 0.770. The summed E-state index contributed by atoms with van der Waals surface area (Å²) in [4.78, 5) is 9.93. The highest BCUT2D eigenvalue weighted by molar-refractivity contribution is 5.77. The van der Waals surface area contributed by atoms with Crippen LogP contribution in [-0.2, 0) is 19.6 Å². The number of methoxy groups -OCH3 is 1. The van der Waals surface area contributed by atoms with Crippen molar-refractivity contribution in [3.8, 4) is 5.75 Å². The van der Waals surface area contributed by atoms with Crippen LogP contribution in [0, 0.1) is 0 Å². The van der Waals surface area contributed by atoms with Crippen molar-refractivity contribution in [1.29, 1.82) is 0 Å². The number of nitrogens with zero attached hydrogens (tertiary/aromatic N) is 4. The molecule has 5 heteroatoms. The third kappa shape index (κ3) is 4.11. The summed E-state index contributed by atoms with van der Waals surface area (Å²) in [6, 6.07) is 16.8. The highest BCUT2D eigenvalue weighted by Gasteiger charge is 2.20. The topological polar surface area (TPSA) is 33.5 Å². The van der Waals surface area contributed by atoms with E-state index in [9.17, 15) is 0 Å². The third-order valence-corrected chi connectivity index (χ3v) is 5.43. The first-order chi connectivity index (χ1) is 13.8. The SMILES string of the molecule is C=CCn1c(CN2CCN(Cc3ccccc3)CC2)nc2cc(OC)ccc21. The van der Waals surface area contributed by atoms with Crippen molar-refractivity contribution in [3.63, 3.8) is 0 Å². The van der Waals surface area contributed by atoms with Crippen LogP contribution in [-0.4, -0.2) is 52.6 Å². The van der Waals surface area contributed by atoms with Gasteiger partial charge in [0.1, 0.15) is 11.6 Å². The molecule has 0 unspecified atom stereocenters. The highest BCUT2D eigenvalue weighted by atomic mass is 16.5. The van der Waals surface area contributed by atoms with Gasteiger partial charge < -0.3 is 9.30 Å². The molecule has 4 rings (SSSR count). The molecule has 0 saturated carbocycles. The van der Waals surface area contributed by atoms with Crippen molar-refractivity contribution in [2.24, 2.45) is 0 Å². The maximum absolute atomic E-state index is 5.36. The first-order valence-electron chi connectivity index (χ1n) is 9.89. The molecule has 146 valence electrons. The fraction of sp³-hybridized carbons (Fsp3) is 0.348. The van der Waals surface area contributed by atoms with Crippen LogP contribution in [0.5, 0.6) is 5.75 Å². The lowest BCUT2D eigenvalue weighted by molar-refractivity contribution is 0.119. The zero-order valence-corrected chi connectivity index (χ0v) is 16.6. The molecule has 1 aliphatic rings. The van der Waals surface area contributed by atoms with Crippen LogP contribution in [0.2, 0.25) is 0 Å². The number of aromatic nitrogens is 2. The molecule has 0 amide bonds. The van der Waals surface area contributed by atoms with E-state index in [1.54, 1.807) is 7.11 Å². The van der Waals surface area contributed by atoms with Gasteiger partial charge in [0, 0.05) is 45.3 Å². The van der Waals surface area contributed by atoms with Gasteiger partial charge in [0.25, 0.3) is 0 Å². The molecule has 0 N–H and O–H groups in total. The summed E-state index contributed by atoms with van der Waals surface area (Å²) >= 11 is 0. The molecule has 1 aliphatic heterocycles. The van der Waals surface area contributed by atoms with Gasteiger partial charge in [0.05, 0.1) is 24.7 Å². The van der Waals surface area contributed by atoms with E-state index >= 15 is 0 Å². The van der Waals surface area contributed by atoms with Crippen molar-refractivity contribution < 1.29 is 4.74 Å². The minimum absolute atomic E-state index is 0.770. The predicted molar refractivity (Wildman–Crippen MR) is 113 cm³/mol. The maximum Gasteiger partial charge on any atom is 0.124 e. The summed E-state index contributed by atoms with van der Waals surface area (Å²) in [5.74, 6) is 1.94. The van der Waals surface area contributed by atoms with Crippen molar-refractivity contribution in [3.05, 3.63) is 72.6 Å². The van der Waals surface area contributed by atoms with Crippen LogP contribution in [0.1, 0.15) is 11.4 Å². The van der Waals surface area contributed by atoms with E-state index in [1.807, 2.05) is 18.2 Å². The summed E-state index contributed by atoms with van der Waals surface area (Å²) in [7, 11) is 1.69. The number of hydrogen-bond acceptors (Lipinski definition) is 4. The lowest BCUT2D eigenvalue weighted by Gasteiger charge is -2.34. The van der Waals surface area contributed by atoms with Crippen molar-refractivity contribution in [2.75, 3.05) is 33.3 Å². The zero-order chi connectivity index (χ0) is 19.3. The Hall–Kier alpha value is -2.63. The third-order valence-electron chi connectivity index (χ3n) is 5.43. The first kappa shape index (κ1) is 18.7. The van der Waals surface area contributed by atoms with E-state index in [1.165, 1.54) is 5.56 Å². The normalized spacial score (nSPS) is 15.8. The van der Waals surface area contributed by atoms with Crippen LogP contribution in [0.25, 0.3) is 11.0 Å². The van der Waals surface area contributed by atoms with Gasteiger partial charge in [-0.05, 0) is 17.7 Å². The van der Waals surface area contributed by atoms with Crippen LogP contribution in [0.4, 0.5) is 0 Å². The highest BCUT2D eigenvalue weighted by Crippen LogP contribution is 2.23. The molecule has 0 aliphatic carbocycles. The van der Waals surface area contributed by atoms with Crippen LogP contribution in [0.15, 0.2) is 61.2 Å². The van der Waals surface area contributed by atoms with Crippen LogP contribution < -0.4 is 4.74 Å². The standard InChI is InChI=1S/C23H28N4O/c1-3-11-27-22-10-9-20(28-2)16-21(22)24-23(27)18-26-14-12-25(13-15-26)17-19-7-5-4-6-8-19/h3-10,16H,1,11-15,17-18H2,2H3. The molecule has 0 spiro atoms. The summed E-state index contributed by atoms with van der Waals surface area (Å²) in [6.45, 7) is 10.9. The van der Waals surface area contributed by atoms with Crippen LogP contribution >= 0.6 is 0 Å². The van der Waals surface area contributed by atoms with Gasteiger partial charge in [-0.2, -0.15) is 0 Å². The molecular formula is C23H28N4O. The zero-order valence-electron chi connectivity index (χ0n) is 16.6. The summed E-state index contributed by atoms with van der Waals surface area (Å²) < 4.78 is 7.62. The molecule has 1 fully saturated rings. The van der Waals surface area contributed by atoms with Gasteiger partial charge in [-0.1, -0.05) is 36.4 Å². The van der Waals surface area contributed by atoms with Gasteiger partial charge in [0.15, 0.2) is 0 Å². The molecule has 2 heterocycles. The molecule has 0 radical (unpaired) electrons. The van der Waals surface area contributed by atoms with Gasteiger partial charge in [-0.3, -0.25) is 9.80 Å². The predicted octanol–water partition coefficient (Wildman–Crippen LogP) is 3.55. The number of benzene rings is 2. The molecule has 0 bridgehead atoms. The molecule has 0 atom stereocenters. The Morgan fingerprint density at radius 1 is 1.00 bits per heavy atom. The Kier molecular flexibility index (Phi) is 5.74. The lowest BCUT2D eigenvalue weighted by Crippen LogP contribution is -2.45. The summed E-state index contributed by atoms with van der Waals surface area (Å²) in [5.41, 5.74) is 3.51. The number of rotatable bonds is 7. The minimum Gasteiger partial charge on any atom is -0.497 e. The molecular weight excluding hydrogens is 348 g/mol. The fourth-order valence-electron chi connectivity index (χ4n) is 3.89. The average molecular weight is 377 g/mol. The molecule has 3 aromatic rings. The van der Waals surface area contributed by atoms with Gasteiger partial charge in [0.2, 0.25) is 0 Å². The number of imidazole rings is 1. The fourth-order valence-corrected chi connectivity index (χ4v) is 3.89. The summed E-state index contributed by atoms with van der Waals surface area (Å²) in [6.07, 6.45) is 1.94. The van der Waals surface area contributed by atoms with Gasteiger partial charge >= 0.3 is 0 Å². The number of hydrogen-bond donors (Lipinski definition) is 0. The van der Waals surface area contributed by atoms with Gasteiger partial charge in [-0.25, -0.2) is 4.98 Å². The number of ether oxygens (including phenoxy) is 1. The van der Waals surface area contributed by atoms with E-state index in [0.717, 1.165) is 68.4 Å². The molecule has 1 saturated heterocycles. The van der Waals surface area contributed by atoms with E-state index in [-0.39, 0.29) is 0 Å². The van der Waals surface area contributed by atoms with E-state index in [2.05, 4.69) is 57.3 Å². The summed E-state index contributed by atoms with van der Waals surface area (Å²) in [5, 5.41) is 0. The smallest absolute Gasteiger partial charge is 0.124 e.